The average molecular weight is 348 g/mol. The molecule has 10 nitrogen and oxygen atoms in total. The van der Waals surface area contributed by atoms with Crippen LogP contribution in [0.3, 0.4) is 0 Å². The Balaban J connectivity index is 0. The Morgan fingerprint density at radius 2 is 1.52 bits per heavy atom. The number of hydrogen-bond acceptors (Lipinski definition) is 7. The zero-order valence-electron chi connectivity index (χ0n) is 12.0. The largest absolute Gasteiger partial charge is 0.413 e. The van der Waals surface area contributed by atoms with E-state index in [9.17, 15) is 21.6 Å². The molecule has 0 atom stereocenters. The Kier molecular flexibility index (Phi) is 10.4. The molecule has 0 aromatic rings. The summed E-state index contributed by atoms with van der Waals surface area (Å²) in [4.78, 5) is 14.8. The predicted octanol–water partition coefficient (Wildman–Crippen LogP) is -0.809. The van der Waals surface area contributed by atoms with Gasteiger partial charge in [-0.3, -0.25) is 13.9 Å². The van der Waals surface area contributed by atoms with Crippen molar-refractivity contribution in [3.63, 3.8) is 0 Å². The summed E-state index contributed by atoms with van der Waals surface area (Å²) < 4.78 is 55.6. The SMILES string of the molecule is C=CC(=O)N(C)CCCN(C)C.O=S(=O)(O)OS(=O)(=O)O. The summed E-state index contributed by atoms with van der Waals surface area (Å²) in [6.07, 6.45) is 2.35. The fraction of sp³-hybridized carbons (Fsp3) is 0.667. The lowest BCUT2D eigenvalue weighted by Gasteiger charge is -2.16. The van der Waals surface area contributed by atoms with Gasteiger partial charge in [0, 0.05) is 13.6 Å². The fourth-order valence-electron chi connectivity index (χ4n) is 0.999. The molecular formula is C9H20N2O8S2. The number of hydrogen-bond donors (Lipinski definition) is 2. The van der Waals surface area contributed by atoms with Crippen LogP contribution in [0.1, 0.15) is 6.42 Å². The minimum absolute atomic E-state index is 0.00578. The van der Waals surface area contributed by atoms with E-state index in [1.165, 1.54) is 6.08 Å². The molecular weight excluding hydrogens is 328 g/mol. The first kappa shape index (κ1) is 22.2. The summed E-state index contributed by atoms with van der Waals surface area (Å²) in [5.74, 6) is -0.00578. The molecule has 0 fully saturated rings. The molecule has 1 amide bonds. The van der Waals surface area contributed by atoms with Crippen molar-refractivity contribution in [2.24, 2.45) is 0 Å². The number of nitrogens with zero attached hydrogens (tertiary/aromatic N) is 2. The molecule has 0 saturated heterocycles. The van der Waals surface area contributed by atoms with E-state index in [1.54, 1.807) is 11.9 Å². The van der Waals surface area contributed by atoms with E-state index in [2.05, 4.69) is 15.1 Å². The van der Waals surface area contributed by atoms with Crippen LogP contribution >= 0.6 is 0 Å². The molecule has 126 valence electrons. The molecule has 0 aromatic heterocycles. The van der Waals surface area contributed by atoms with E-state index in [1.807, 2.05) is 14.1 Å². The topological polar surface area (TPSA) is 142 Å². The van der Waals surface area contributed by atoms with E-state index in [0.29, 0.717) is 0 Å². The maximum Gasteiger partial charge on any atom is 0.413 e. The zero-order valence-corrected chi connectivity index (χ0v) is 13.6. The van der Waals surface area contributed by atoms with Crippen molar-refractivity contribution in [1.82, 2.24) is 9.80 Å². The molecule has 2 N–H and O–H groups in total. The average Bonchev–Trinajstić information content (AvgIpc) is 2.23. The number of likely N-dealkylation sites (N-methyl/N-ethyl adjacent to an activating group) is 1. The molecule has 0 bridgehead atoms. The Hall–Kier alpha value is -1.05. The van der Waals surface area contributed by atoms with Crippen molar-refractivity contribution in [3.8, 4) is 0 Å². The lowest BCUT2D eigenvalue weighted by Crippen LogP contribution is -2.28. The molecule has 0 saturated carbocycles. The highest BCUT2D eigenvalue weighted by Gasteiger charge is 2.15. The quantitative estimate of drug-likeness (QED) is 0.446. The molecule has 0 aliphatic rings. The summed E-state index contributed by atoms with van der Waals surface area (Å²) in [6.45, 7) is 5.23. The maximum atomic E-state index is 11.0. The minimum atomic E-state index is -5.12. The second-order valence-electron chi connectivity index (χ2n) is 4.04. The van der Waals surface area contributed by atoms with Crippen molar-refractivity contribution < 1.29 is 34.4 Å². The van der Waals surface area contributed by atoms with Gasteiger partial charge < -0.3 is 9.80 Å². The van der Waals surface area contributed by atoms with Gasteiger partial charge in [-0.2, -0.15) is 16.8 Å². The third kappa shape index (κ3) is 18.9. The maximum absolute atomic E-state index is 11.0. The Bertz CT molecular complexity index is 496. The van der Waals surface area contributed by atoms with Crippen molar-refractivity contribution in [3.05, 3.63) is 12.7 Å². The van der Waals surface area contributed by atoms with E-state index in [0.717, 1.165) is 19.5 Å². The van der Waals surface area contributed by atoms with Crippen LogP contribution in [-0.2, 0) is 29.2 Å². The second-order valence-corrected chi connectivity index (χ2v) is 6.30. The van der Waals surface area contributed by atoms with Crippen molar-refractivity contribution >= 4 is 26.7 Å². The Morgan fingerprint density at radius 1 is 1.10 bits per heavy atom. The third-order valence-electron chi connectivity index (χ3n) is 1.82. The molecule has 0 aliphatic carbocycles. The van der Waals surface area contributed by atoms with Gasteiger partial charge in [0.1, 0.15) is 0 Å². The van der Waals surface area contributed by atoms with Crippen LogP contribution in [0.2, 0.25) is 0 Å². The summed E-state index contributed by atoms with van der Waals surface area (Å²) in [5, 5.41) is 0. The lowest BCUT2D eigenvalue weighted by atomic mass is 10.3. The Labute approximate surface area is 124 Å². The number of rotatable bonds is 7. The number of amides is 1. The predicted molar refractivity (Wildman–Crippen MR) is 75.2 cm³/mol. The second kappa shape index (κ2) is 9.81. The van der Waals surface area contributed by atoms with Gasteiger partial charge >= 0.3 is 20.8 Å². The summed E-state index contributed by atoms with van der Waals surface area (Å²) in [7, 11) is -4.40. The van der Waals surface area contributed by atoms with Crippen LogP contribution < -0.4 is 0 Å². The smallest absolute Gasteiger partial charge is 0.342 e. The van der Waals surface area contributed by atoms with Crippen LogP contribution in [0.5, 0.6) is 0 Å². The van der Waals surface area contributed by atoms with Crippen LogP contribution in [0.15, 0.2) is 12.7 Å². The Morgan fingerprint density at radius 3 is 1.76 bits per heavy atom. The first-order valence-corrected chi connectivity index (χ1v) is 8.19. The standard InChI is InChI=1S/C9H18N2O.H2O7S2/c1-5-9(12)11(4)8-6-7-10(2)3;1-8(2,3)7-9(4,5)6/h5H,1,6-8H2,2-4H3;(H,1,2,3)(H,4,5,6). The van der Waals surface area contributed by atoms with Gasteiger partial charge in [0.05, 0.1) is 0 Å². The van der Waals surface area contributed by atoms with Crippen molar-refractivity contribution in [2.75, 3.05) is 34.2 Å². The zero-order chi connectivity index (χ0) is 17.3. The third-order valence-corrected chi connectivity index (χ3v) is 3.20. The van der Waals surface area contributed by atoms with Gasteiger partial charge in [0.25, 0.3) is 0 Å². The van der Waals surface area contributed by atoms with Gasteiger partial charge in [-0.25, -0.2) is 0 Å². The van der Waals surface area contributed by atoms with Gasteiger partial charge in [-0.1, -0.05) is 6.58 Å². The lowest BCUT2D eigenvalue weighted by molar-refractivity contribution is -0.124. The molecule has 0 aromatic carbocycles. The molecule has 0 rings (SSSR count). The van der Waals surface area contributed by atoms with E-state index < -0.39 is 20.8 Å². The highest BCUT2D eigenvalue weighted by atomic mass is 32.3. The summed E-state index contributed by atoms with van der Waals surface area (Å²) in [6, 6.07) is 0. The van der Waals surface area contributed by atoms with Crippen LogP contribution in [0, 0.1) is 0 Å². The monoisotopic (exact) mass is 348 g/mol. The minimum Gasteiger partial charge on any atom is -0.342 e. The summed E-state index contributed by atoms with van der Waals surface area (Å²) >= 11 is 0. The van der Waals surface area contributed by atoms with Gasteiger partial charge in [0.2, 0.25) is 5.91 Å². The highest BCUT2D eigenvalue weighted by Crippen LogP contribution is 1.92. The van der Waals surface area contributed by atoms with E-state index in [-0.39, 0.29) is 5.91 Å². The molecule has 0 aliphatic heterocycles. The van der Waals surface area contributed by atoms with Crippen LogP contribution in [0.25, 0.3) is 0 Å². The molecule has 0 heterocycles. The number of carbonyl (C=O) groups excluding carboxylic acids is 1. The van der Waals surface area contributed by atoms with Crippen molar-refractivity contribution in [2.45, 2.75) is 6.42 Å². The number of carbonyl (C=O) groups is 1. The normalized spacial score (nSPS) is 11.5. The molecule has 21 heavy (non-hydrogen) atoms. The van der Waals surface area contributed by atoms with Gasteiger partial charge in [0.15, 0.2) is 0 Å². The molecule has 12 heteroatoms. The van der Waals surface area contributed by atoms with Gasteiger partial charge in [-0.05, 0) is 33.1 Å². The molecule has 0 radical (unpaired) electrons. The first-order chi connectivity index (χ1) is 9.28. The molecule has 0 unspecified atom stereocenters. The summed E-state index contributed by atoms with van der Waals surface area (Å²) in [5.41, 5.74) is 0. The first-order valence-electron chi connectivity index (χ1n) is 5.46. The fourth-order valence-corrected chi connectivity index (χ4v) is 1.87. The van der Waals surface area contributed by atoms with E-state index in [4.69, 9.17) is 9.11 Å². The highest BCUT2D eigenvalue weighted by molar-refractivity contribution is 7.94. The molecule has 0 spiro atoms. The van der Waals surface area contributed by atoms with Crippen LogP contribution in [0.4, 0.5) is 0 Å². The van der Waals surface area contributed by atoms with Crippen LogP contribution in [-0.4, -0.2) is 75.9 Å². The van der Waals surface area contributed by atoms with E-state index >= 15 is 0 Å². The van der Waals surface area contributed by atoms with Gasteiger partial charge in [-0.15, -0.1) is 3.63 Å². The van der Waals surface area contributed by atoms with Crippen molar-refractivity contribution in [1.29, 1.82) is 0 Å².